The predicted octanol–water partition coefficient (Wildman–Crippen LogP) is 2.13. The van der Waals surface area contributed by atoms with E-state index in [9.17, 15) is 10.3 Å². The number of aromatic hydroxyl groups is 1. The molecule has 1 fully saturated rings. The molecule has 0 aromatic heterocycles. The van der Waals surface area contributed by atoms with Gasteiger partial charge in [0.2, 0.25) is 0 Å². The number of likely N-dealkylation sites (tertiary alicyclic amines) is 1. The van der Waals surface area contributed by atoms with Crippen LogP contribution in [-0.4, -0.2) is 42.6 Å². The lowest BCUT2D eigenvalue weighted by molar-refractivity contribution is -0.886. The molecule has 1 N–H and O–H groups in total. The van der Waals surface area contributed by atoms with Crippen LogP contribution in [0.1, 0.15) is 17.5 Å². The molecule has 4 atom stereocenters. The van der Waals surface area contributed by atoms with Crippen molar-refractivity contribution in [2.24, 2.45) is 0 Å². The summed E-state index contributed by atoms with van der Waals surface area (Å²) < 4.78 is 11.5. The molecule has 1 unspecified atom stereocenters. The number of hydroxylamine groups is 3. The Bertz CT molecular complexity index is 794. The molecule has 0 saturated carbocycles. The van der Waals surface area contributed by atoms with Crippen LogP contribution in [0.25, 0.3) is 0 Å². The molecule has 2 bridgehead atoms. The normalized spacial score (nSPS) is 39.1. The number of likely N-dealkylation sites (N-methyl/N-ethyl adjacent to an activating group) is 1. The maximum Gasteiger partial charge on any atom is 0.169 e. The van der Waals surface area contributed by atoms with Gasteiger partial charge in [0.25, 0.3) is 0 Å². The average Bonchev–Trinajstić information content (AvgIpc) is 2.88. The van der Waals surface area contributed by atoms with Gasteiger partial charge in [-0.25, -0.2) is 0 Å². The molecular formula is C18H19NO4. The number of hydrogen-bond acceptors (Lipinski definition) is 4. The highest BCUT2D eigenvalue weighted by atomic mass is 16.6. The van der Waals surface area contributed by atoms with E-state index in [0.29, 0.717) is 25.1 Å². The van der Waals surface area contributed by atoms with Crippen molar-refractivity contribution in [2.45, 2.75) is 30.4 Å². The lowest BCUT2D eigenvalue weighted by Gasteiger charge is -2.58. The quantitative estimate of drug-likeness (QED) is 0.637. The molecule has 5 rings (SSSR count). The fourth-order valence-corrected chi connectivity index (χ4v) is 5.09. The van der Waals surface area contributed by atoms with Gasteiger partial charge in [-0.2, -0.15) is 0 Å². The van der Waals surface area contributed by atoms with Crippen molar-refractivity contribution in [3.8, 4) is 11.5 Å². The molecule has 2 aliphatic carbocycles. The molecule has 120 valence electrons. The molecule has 23 heavy (non-hydrogen) atoms. The summed E-state index contributed by atoms with van der Waals surface area (Å²) >= 11 is 0. The van der Waals surface area contributed by atoms with Crippen LogP contribution in [0.15, 0.2) is 35.6 Å². The Hall–Kier alpha value is -1.98. The second-order valence-electron chi connectivity index (χ2n) is 7.18. The minimum atomic E-state index is -0.353. The number of benzene rings is 1. The van der Waals surface area contributed by atoms with Gasteiger partial charge in [0.15, 0.2) is 17.6 Å². The van der Waals surface area contributed by atoms with Crippen LogP contribution in [0.4, 0.5) is 0 Å². The van der Waals surface area contributed by atoms with E-state index in [4.69, 9.17) is 9.47 Å². The zero-order valence-corrected chi connectivity index (χ0v) is 13.2. The third-order valence-corrected chi connectivity index (χ3v) is 6.17. The number of piperidine rings is 1. The molecule has 4 aliphatic rings. The number of nitrogens with zero attached hydrogens (tertiary/aromatic N) is 1. The second-order valence-corrected chi connectivity index (χ2v) is 7.18. The summed E-state index contributed by atoms with van der Waals surface area (Å²) in [6, 6.07) is 3.53. The topological polar surface area (TPSA) is 61.8 Å². The van der Waals surface area contributed by atoms with Gasteiger partial charge in [-0.1, -0.05) is 12.1 Å². The average molecular weight is 313 g/mol. The van der Waals surface area contributed by atoms with Crippen molar-refractivity contribution in [2.75, 3.05) is 20.7 Å². The number of rotatable bonds is 1. The van der Waals surface area contributed by atoms with E-state index in [1.54, 1.807) is 20.2 Å². The van der Waals surface area contributed by atoms with E-state index in [1.807, 2.05) is 12.1 Å². The molecule has 2 aliphatic heterocycles. The van der Waals surface area contributed by atoms with E-state index in [-0.39, 0.29) is 28.0 Å². The van der Waals surface area contributed by atoms with E-state index in [2.05, 4.69) is 6.08 Å². The number of phenols is 1. The van der Waals surface area contributed by atoms with Crippen molar-refractivity contribution in [3.63, 3.8) is 0 Å². The fourth-order valence-electron chi connectivity index (χ4n) is 5.09. The minimum absolute atomic E-state index is 0.0903. The Morgan fingerprint density at radius 2 is 2.22 bits per heavy atom. The molecule has 1 aromatic carbocycles. The second kappa shape index (κ2) is 3.91. The Morgan fingerprint density at radius 3 is 3.00 bits per heavy atom. The molecule has 5 nitrogen and oxygen atoms in total. The van der Waals surface area contributed by atoms with Crippen LogP contribution in [0, 0.1) is 5.21 Å². The van der Waals surface area contributed by atoms with Crippen LogP contribution in [-0.2, 0) is 16.6 Å². The Balaban J connectivity index is 1.86. The molecular weight excluding hydrogens is 294 g/mol. The van der Waals surface area contributed by atoms with Gasteiger partial charge in [0.1, 0.15) is 11.8 Å². The van der Waals surface area contributed by atoms with Crippen LogP contribution >= 0.6 is 0 Å². The minimum Gasteiger partial charge on any atom is -0.633 e. The first-order valence-electron chi connectivity index (χ1n) is 8.03. The zero-order valence-electron chi connectivity index (χ0n) is 13.2. The third kappa shape index (κ3) is 1.36. The maximum atomic E-state index is 13.0. The van der Waals surface area contributed by atoms with E-state index >= 15 is 0 Å². The molecule has 5 heteroatoms. The highest BCUT2D eigenvalue weighted by Gasteiger charge is 2.64. The predicted molar refractivity (Wildman–Crippen MR) is 83.9 cm³/mol. The molecule has 1 saturated heterocycles. The molecule has 2 heterocycles. The van der Waals surface area contributed by atoms with E-state index < -0.39 is 0 Å². The van der Waals surface area contributed by atoms with Crippen LogP contribution in [0.5, 0.6) is 11.5 Å². The number of quaternary nitrogens is 1. The van der Waals surface area contributed by atoms with Crippen molar-refractivity contribution in [1.29, 1.82) is 0 Å². The van der Waals surface area contributed by atoms with Crippen LogP contribution in [0.2, 0.25) is 0 Å². The largest absolute Gasteiger partial charge is 0.633 e. The first-order valence-corrected chi connectivity index (χ1v) is 8.03. The number of hydrogen-bond donors (Lipinski definition) is 1. The highest BCUT2D eigenvalue weighted by Crippen LogP contribution is 2.63. The summed E-state index contributed by atoms with van der Waals surface area (Å²) in [6.07, 6.45) is 5.11. The van der Waals surface area contributed by atoms with Gasteiger partial charge < -0.3 is 24.4 Å². The summed E-state index contributed by atoms with van der Waals surface area (Å²) in [5.74, 6) is 1.51. The Kier molecular flexibility index (Phi) is 2.29. The molecule has 0 radical (unpaired) electrons. The monoisotopic (exact) mass is 313 g/mol. The lowest BCUT2D eigenvalue weighted by Crippen LogP contribution is -2.64. The van der Waals surface area contributed by atoms with Gasteiger partial charge in [-0.15, -0.1) is 0 Å². The summed E-state index contributed by atoms with van der Waals surface area (Å²) in [5.41, 5.74) is 2.99. The maximum absolute atomic E-state index is 13.0. The summed E-state index contributed by atoms with van der Waals surface area (Å²) in [6.45, 7) is 0.549. The van der Waals surface area contributed by atoms with Gasteiger partial charge in [-0.3, -0.25) is 0 Å². The van der Waals surface area contributed by atoms with Gasteiger partial charge in [0, 0.05) is 24.0 Å². The molecule has 0 amide bonds. The first kappa shape index (κ1) is 13.5. The zero-order chi connectivity index (χ0) is 16.0. The van der Waals surface area contributed by atoms with Crippen molar-refractivity contribution >= 4 is 0 Å². The number of phenolic OH excluding ortho intramolecular Hbond substituents is 1. The Labute approximate surface area is 134 Å². The third-order valence-electron chi connectivity index (χ3n) is 6.17. The van der Waals surface area contributed by atoms with E-state index in [0.717, 1.165) is 22.5 Å². The van der Waals surface area contributed by atoms with Gasteiger partial charge >= 0.3 is 0 Å². The van der Waals surface area contributed by atoms with Gasteiger partial charge in [-0.05, 0) is 17.7 Å². The number of methoxy groups -OCH3 is 1. The lowest BCUT2D eigenvalue weighted by atomic mass is 9.57. The number of allylic oxidation sites excluding steroid dienone is 2. The molecule has 1 aromatic rings. The highest BCUT2D eigenvalue weighted by molar-refractivity contribution is 5.66. The first-order chi connectivity index (χ1) is 11.0. The fraction of sp³-hybridized carbons (Fsp3) is 0.444. The standard InChI is InChI=1S/C18H19NO4/c1-19(21)8-7-18-11-4-6-14(22-2)17(18)23-16-13(20)5-3-10(15(16)18)9-12(11)19/h3-6,12,17,20H,7-9H2,1-2H3/t12-,17+,18+,19?/m1/s1. The van der Waals surface area contributed by atoms with E-state index in [1.165, 1.54) is 0 Å². The van der Waals surface area contributed by atoms with Crippen molar-refractivity contribution in [3.05, 3.63) is 52.0 Å². The summed E-state index contributed by atoms with van der Waals surface area (Å²) in [4.78, 5) is 0. The van der Waals surface area contributed by atoms with Gasteiger partial charge in [0.05, 0.1) is 26.1 Å². The van der Waals surface area contributed by atoms with Crippen molar-refractivity contribution in [1.82, 2.24) is 0 Å². The van der Waals surface area contributed by atoms with Crippen LogP contribution < -0.4 is 4.74 Å². The number of ether oxygens (including phenoxy) is 2. The SMILES string of the molecule is COC1=CC=C2[C@H]3Cc4ccc(O)c5c4[C@@]2(CC[N+]3(C)[O-])[C@H]1O5. The summed E-state index contributed by atoms with van der Waals surface area (Å²) in [5, 5.41) is 23.3. The molecule has 1 spiro atoms. The van der Waals surface area contributed by atoms with Crippen molar-refractivity contribution < 1.29 is 19.2 Å². The van der Waals surface area contributed by atoms with Crippen LogP contribution in [0.3, 0.4) is 0 Å². The summed E-state index contributed by atoms with van der Waals surface area (Å²) in [7, 11) is 3.41. The smallest absolute Gasteiger partial charge is 0.169 e. The Morgan fingerprint density at radius 1 is 1.39 bits per heavy atom.